The zero-order valence-electron chi connectivity index (χ0n) is 10.3. The van der Waals surface area contributed by atoms with Gasteiger partial charge in [0.15, 0.2) is 0 Å². The van der Waals surface area contributed by atoms with Gasteiger partial charge in [-0.2, -0.15) is 0 Å². The van der Waals surface area contributed by atoms with E-state index in [0.717, 1.165) is 22.6 Å². The lowest BCUT2D eigenvalue weighted by atomic mass is 10.1. The maximum absolute atomic E-state index is 10.8. The van der Waals surface area contributed by atoms with Gasteiger partial charge in [-0.1, -0.05) is 0 Å². The van der Waals surface area contributed by atoms with Crippen molar-refractivity contribution in [3.8, 4) is 0 Å². The van der Waals surface area contributed by atoms with Crippen LogP contribution in [-0.4, -0.2) is 16.1 Å². The number of carboxylic acid groups (broad SMARTS) is 1. The van der Waals surface area contributed by atoms with Crippen LogP contribution in [0.2, 0.25) is 0 Å². The first-order valence-corrected chi connectivity index (χ1v) is 5.60. The van der Waals surface area contributed by atoms with Gasteiger partial charge < -0.3 is 10.4 Å². The Kier molecular flexibility index (Phi) is 3.28. The van der Waals surface area contributed by atoms with Crippen LogP contribution in [0.3, 0.4) is 0 Å². The van der Waals surface area contributed by atoms with Crippen LogP contribution in [0.4, 0.5) is 11.4 Å². The molecule has 4 heteroatoms. The zero-order valence-corrected chi connectivity index (χ0v) is 10.3. The Bertz CT molecular complexity index is 594. The first kappa shape index (κ1) is 12.1. The monoisotopic (exact) mass is 242 g/mol. The number of hydrogen-bond donors (Lipinski definition) is 2. The summed E-state index contributed by atoms with van der Waals surface area (Å²) in [5.41, 5.74) is 3.89. The standard InChI is InChI=1S/C14H14N2O2/c1-9-8-11(14(17)18)5-6-12(9)16-13-4-3-7-15-10(13)2/h3-8,16H,1-2H3,(H,17,18). The molecule has 0 fully saturated rings. The van der Waals surface area contributed by atoms with Crippen molar-refractivity contribution >= 4 is 17.3 Å². The smallest absolute Gasteiger partial charge is 0.335 e. The van der Waals surface area contributed by atoms with Crippen molar-refractivity contribution in [1.29, 1.82) is 0 Å². The molecular weight excluding hydrogens is 228 g/mol. The molecule has 1 heterocycles. The molecule has 4 nitrogen and oxygen atoms in total. The number of aryl methyl sites for hydroxylation is 2. The van der Waals surface area contributed by atoms with E-state index in [1.165, 1.54) is 0 Å². The van der Waals surface area contributed by atoms with Crippen LogP contribution < -0.4 is 5.32 Å². The molecular formula is C14H14N2O2. The SMILES string of the molecule is Cc1cc(C(=O)O)ccc1Nc1cccnc1C. The summed E-state index contributed by atoms with van der Waals surface area (Å²) in [4.78, 5) is 15.0. The Hall–Kier alpha value is -2.36. The van der Waals surface area contributed by atoms with Crippen molar-refractivity contribution in [2.45, 2.75) is 13.8 Å². The minimum absolute atomic E-state index is 0.293. The molecule has 1 aromatic carbocycles. The summed E-state index contributed by atoms with van der Waals surface area (Å²) in [6.07, 6.45) is 1.74. The third-order valence-electron chi connectivity index (χ3n) is 2.75. The summed E-state index contributed by atoms with van der Waals surface area (Å²) >= 11 is 0. The first-order chi connectivity index (χ1) is 8.58. The number of aromatic nitrogens is 1. The molecule has 2 rings (SSSR count). The minimum atomic E-state index is -0.915. The molecule has 92 valence electrons. The van der Waals surface area contributed by atoms with Crippen LogP contribution in [0.15, 0.2) is 36.5 Å². The third kappa shape index (κ3) is 2.48. The molecule has 0 aliphatic carbocycles. The van der Waals surface area contributed by atoms with Crippen LogP contribution in [0.25, 0.3) is 0 Å². The molecule has 18 heavy (non-hydrogen) atoms. The molecule has 0 aliphatic heterocycles. The minimum Gasteiger partial charge on any atom is -0.478 e. The summed E-state index contributed by atoms with van der Waals surface area (Å²) in [7, 11) is 0. The van der Waals surface area contributed by atoms with Crippen LogP contribution in [0.1, 0.15) is 21.6 Å². The van der Waals surface area contributed by atoms with Crippen molar-refractivity contribution in [2.24, 2.45) is 0 Å². The second-order valence-electron chi connectivity index (χ2n) is 4.10. The number of nitrogens with zero attached hydrogens (tertiary/aromatic N) is 1. The normalized spacial score (nSPS) is 10.1. The maximum atomic E-state index is 10.8. The van der Waals surface area contributed by atoms with Crippen LogP contribution in [0, 0.1) is 13.8 Å². The zero-order chi connectivity index (χ0) is 13.1. The van der Waals surface area contributed by atoms with Gasteiger partial charge in [0, 0.05) is 11.9 Å². The number of carbonyl (C=O) groups is 1. The average molecular weight is 242 g/mol. The molecule has 2 N–H and O–H groups in total. The molecule has 0 saturated heterocycles. The highest BCUT2D eigenvalue weighted by atomic mass is 16.4. The van der Waals surface area contributed by atoms with Gasteiger partial charge in [-0.15, -0.1) is 0 Å². The molecule has 0 atom stereocenters. The second-order valence-corrected chi connectivity index (χ2v) is 4.10. The highest BCUT2D eigenvalue weighted by molar-refractivity contribution is 5.88. The van der Waals surface area contributed by atoms with Crippen molar-refractivity contribution in [1.82, 2.24) is 4.98 Å². The van der Waals surface area contributed by atoms with Crippen molar-refractivity contribution < 1.29 is 9.90 Å². The second kappa shape index (κ2) is 4.87. The number of pyridine rings is 1. The van der Waals surface area contributed by atoms with E-state index in [4.69, 9.17) is 5.11 Å². The summed E-state index contributed by atoms with van der Waals surface area (Å²) in [5.74, 6) is -0.915. The number of hydrogen-bond acceptors (Lipinski definition) is 3. The molecule has 0 unspecified atom stereocenters. The lowest BCUT2D eigenvalue weighted by Gasteiger charge is -2.11. The van der Waals surface area contributed by atoms with E-state index < -0.39 is 5.97 Å². The average Bonchev–Trinajstić information content (AvgIpc) is 2.34. The van der Waals surface area contributed by atoms with E-state index >= 15 is 0 Å². The van der Waals surface area contributed by atoms with Crippen molar-refractivity contribution in [3.05, 3.63) is 53.3 Å². The molecule has 0 bridgehead atoms. The van der Waals surface area contributed by atoms with E-state index in [1.807, 2.05) is 26.0 Å². The number of aromatic carboxylic acids is 1. The Morgan fingerprint density at radius 3 is 2.61 bits per heavy atom. The van der Waals surface area contributed by atoms with Crippen LogP contribution >= 0.6 is 0 Å². The van der Waals surface area contributed by atoms with Gasteiger partial charge in [-0.25, -0.2) is 4.79 Å². The quantitative estimate of drug-likeness (QED) is 0.868. The van der Waals surface area contributed by atoms with Gasteiger partial charge in [0.25, 0.3) is 0 Å². The maximum Gasteiger partial charge on any atom is 0.335 e. The predicted molar refractivity (Wildman–Crippen MR) is 70.4 cm³/mol. The fourth-order valence-corrected chi connectivity index (χ4v) is 1.70. The molecule has 1 aromatic heterocycles. The van der Waals surface area contributed by atoms with Gasteiger partial charge in [-0.3, -0.25) is 4.98 Å². The highest BCUT2D eigenvalue weighted by Gasteiger charge is 2.06. The third-order valence-corrected chi connectivity index (χ3v) is 2.75. The topological polar surface area (TPSA) is 62.2 Å². The van der Waals surface area contributed by atoms with Gasteiger partial charge in [-0.05, 0) is 49.7 Å². The Balaban J connectivity index is 2.30. The number of anilines is 2. The summed E-state index contributed by atoms with van der Waals surface area (Å²) in [5, 5.41) is 12.2. The molecule has 0 amide bonds. The van der Waals surface area contributed by atoms with Gasteiger partial charge >= 0.3 is 5.97 Å². The van der Waals surface area contributed by atoms with Crippen LogP contribution in [0.5, 0.6) is 0 Å². The Labute approximate surface area is 105 Å². The molecule has 2 aromatic rings. The van der Waals surface area contributed by atoms with Crippen molar-refractivity contribution in [3.63, 3.8) is 0 Å². The van der Waals surface area contributed by atoms with E-state index in [9.17, 15) is 4.79 Å². The van der Waals surface area contributed by atoms with Gasteiger partial charge in [0.05, 0.1) is 16.9 Å². The van der Waals surface area contributed by atoms with Crippen LogP contribution in [-0.2, 0) is 0 Å². The van der Waals surface area contributed by atoms with E-state index in [2.05, 4.69) is 10.3 Å². The lowest BCUT2D eigenvalue weighted by Crippen LogP contribution is -2.00. The van der Waals surface area contributed by atoms with E-state index in [1.54, 1.807) is 24.4 Å². The number of rotatable bonds is 3. The predicted octanol–water partition coefficient (Wildman–Crippen LogP) is 3.14. The van der Waals surface area contributed by atoms with E-state index in [-0.39, 0.29) is 0 Å². The van der Waals surface area contributed by atoms with E-state index in [0.29, 0.717) is 5.56 Å². The number of carboxylic acids is 1. The Morgan fingerprint density at radius 2 is 2.00 bits per heavy atom. The Morgan fingerprint density at radius 1 is 1.22 bits per heavy atom. The first-order valence-electron chi connectivity index (χ1n) is 5.60. The molecule has 0 saturated carbocycles. The number of nitrogens with one attached hydrogen (secondary N) is 1. The number of benzene rings is 1. The van der Waals surface area contributed by atoms with Gasteiger partial charge in [0.2, 0.25) is 0 Å². The summed E-state index contributed by atoms with van der Waals surface area (Å²) in [6, 6.07) is 8.80. The molecule has 0 spiro atoms. The van der Waals surface area contributed by atoms with Gasteiger partial charge in [0.1, 0.15) is 0 Å². The highest BCUT2D eigenvalue weighted by Crippen LogP contribution is 2.22. The molecule has 0 radical (unpaired) electrons. The summed E-state index contributed by atoms with van der Waals surface area (Å²) < 4.78 is 0. The molecule has 0 aliphatic rings. The largest absolute Gasteiger partial charge is 0.478 e. The lowest BCUT2D eigenvalue weighted by molar-refractivity contribution is 0.0697. The fraction of sp³-hybridized carbons (Fsp3) is 0.143. The van der Waals surface area contributed by atoms with Crippen molar-refractivity contribution in [2.75, 3.05) is 5.32 Å². The fourth-order valence-electron chi connectivity index (χ4n) is 1.70. The summed E-state index contributed by atoms with van der Waals surface area (Å²) in [6.45, 7) is 3.80.